The van der Waals surface area contributed by atoms with Gasteiger partial charge in [-0.15, -0.1) is 0 Å². The number of rotatable bonds is 5. The smallest absolute Gasteiger partial charge is 0.295 e. The topological polar surface area (TPSA) is 103 Å². The molecule has 0 bridgehead atoms. The molecule has 2 N–H and O–H groups in total. The van der Waals surface area contributed by atoms with Gasteiger partial charge in [0.25, 0.3) is 11.8 Å². The summed E-state index contributed by atoms with van der Waals surface area (Å²) in [5.74, 6) is -0.534. The Morgan fingerprint density at radius 1 is 0.971 bits per heavy atom. The zero-order valence-corrected chi connectivity index (χ0v) is 20.6. The molecule has 4 aromatic rings. The van der Waals surface area contributed by atoms with E-state index < -0.39 is 17.9 Å². The lowest BCUT2D eigenvalue weighted by molar-refractivity contribution is -0.119. The van der Waals surface area contributed by atoms with Crippen LogP contribution >= 0.6 is 31.9 Å². The highest BCUT2D eigenvalue weighted by Gasteiger charge is 2.43. The van der Waals surface area contributed by atoms with Crippen LogP contribution in [0.4, 0.5) is 5.69 Å². The molecule has 5 rings (SSSR count). The third-order valence-corrected chi connectivity index (χ3v) is 6.54. The van der Waals surface area contributed by atoms with Crippen molar-refractivity contribution in [3.8, 4) is 5.75 Å². The minimum atomic E-state index is -0.714. The van der Waals surface area contributed by atoms with Crippen LogP contribution in [0.15, 0.2) is 84.9 Å². The van der Waals surface area contributed by atoms with E-state index in [-0.39, 0.29) is 23.4 Å². The van der Waals surface area contributed by atoms with Gasteiger partial charge in [-0.2, -0.15) is 0 Å². The summed E-state index contributed by atoms with van der Waals surface area (Å²) in [5, 5.41) is 0.380. The molecule has 0 saturated heterocycles. The Hall–Kier alpha value is -3.43. The van der Waals surface area contributed by atoms with E-state index in [0.29, 0.717) is 28.0 Å². The molecule has 9 heteroatoms. The van der Waals surface area contributed by atoms with Crippen LogP contribution in [-0.2, 0) is 4.79 Å². The van der Waals surface area contributed by atoms with Crippen molar-refractivity contribution in [2.24, 2.45) is 5.73 Å². The minimum absolute atomic E-state index is 0.0156. The Morgan fingerprint density at radius 3 is 2.32 bits per heavy atom. The highest BCUT2D eigenvalue weighted by atomic mass is 79.9. The minimum Gasteiger partial charge on any atom is -0.484 e. The zero-order valence-electron chi connectivity index (χ0n) is 17.5. The molecule has 1 unspecified atom stereocenters. The van der Waals surface area contributed by atoms with E-state index >= 15 is 0 Å². The average Bonchev–Trinajstić information content (AvgIpc) is 3.11. The number of amides is 2. The van der Waals surface area contributed by atoms with Crippen LogP contribution in [-0.4, -0.2) is 18.4 Å². The third kappa shape index (κ3) is 3.91. The second-order valence-corrected chi connectivity index (χ2v) is 9.52. The number of fused-ring (bicyclic) bond motifs is 2. The molecule has 0 fully saturated rings. The number of nitrogens with zero attached hydrogens (tertiary/aromatic N) is 1. The SMILES string of the molecule is NC(=O)COc1ccc(C2c3c(oc4ccc(Br)cc4c3=O)C(=O)N2c2ccc(Br)cc2)cc1. The molecule has 1 aliphatic rings. The summed E-state index contributed by atoms with van der Waals surface area (Å²) in [6.07, 6.45) is 0. The number of hydrogen-bond donors (Lipinski definition) is 1. The molecule has 2 amide bonds. The summed E-state index contributed by atoms with van der Waals surface area (Å²) in [5.41, 5.74) is 6.78. The van der Waals surface area contributed by atoms with Crippen molar-refractivity contribution < 1.29 is 18.7 Å². The fourth-order valence-electron chi connectivity index (χ4n) is 4.03. The molecule has 0 aliphatic carbocycles. The van der Waals surface area contributed by atoms with E-state index in [9.17, 15) is 14.4 Å². The maximum atomic E-state index is 13.6. The van der Waals surface area contributed by atoms with Gasteiger partial charge in [-0.25, -0.2) is 0 Å². The number of carbonyl (C=O) groups is 2. The van der Waals surface area contributed by atoms with E-state index in [2.05, 4.69) is 31.9 Å². The number of anilines is 1. The maximum absolute atomic E-state index is 13.6. The molecule has 34 heavy (non-hydrogen) atoms. The van der Waals surface area contributed by atoms with Crippen LogP contribution in [0.25, 0.3) is 11.0 Å². The second kappa shape index (κ2) is 8.73. The van der Waals surface area contributed by atoms with Crippen molar-refractivity contribution in [2.45, 2.75) is 6.04 Å². The van der Waals surface area contributed by atoms with Crippen molar-refractivity contribution in [1.82, 2.24) is 0 Å². The standard InChI is InChI=1S/C25H16Br2N2O5/c26-14-3-6-16(7-4-14)29-22(13-1-8-17(9-2-13)33-12-20(28)30)21-23(31)18-11-15(27)5-10-19(18)34-24(21)25(29)32/h1-11,22H,12H2,(H2,28,30). The van der Waals surface area contributed by atoms with Crippen molar-refractivity contribution >= 4 is 60.3 Å². The first-order valence-electron chi connectivity index (χ1n) is 10.2. The van der Waals surface area contributed by atoms with Crippen molar-refractivity contribution in [3.05, 3.63) is 103 Å². The van der Waals surface area contributed by atoms with Gasteiger partial charge in [0.05, 0.1) is 17.0 Å². The molecular weight excluding hydrogens is 568 g/mol. The number of halogens is 2. The Bertz CT molecular complexity index is 1500. The fraction of sp³-hybridized carbons (Fsp3) is 0.0800. The van der Waals surface area contributed by atoms with Crippen molar-refractivity contribution in [1.29, 1.82) is 0 Å². The zero-order chi connectivity index (χ0) is 24.0. The monoisotopic (exact) mass is 582 g/mol. The van der Waals surface area contributed by atoms with Gasteiger partial charge in [0, 0.05) is 14.6 Å². The molecule has 0 spiro atoms. The highest BCUT2D eigenvalue weighted by molar-refractivity contribution is 9.10. The summed E-state index contributed by atoms with van der Waals surface area (Å²) in [4.78, 5) is 39.8. The molecule has 0 radical (unpaired) electrons. The lowest BCUT2D eigenvalue weighted by Gasteiger charge is -2.25. The van der Waals surface area contributed by atoms with Gasteiger partial charge in [-0.3, -0.25) is 19.3 Å². The van der Waals surface area contributed by atoms with Crippen LogP contribution in [0, 0.1) is 0 Å². The molecule has 7 nitrogen and oxygen atoms in total. The van der Waals surface area contributed by atoms with Gasteiger partial charge >= 0.3 is 0 Å². The van der Waals surface area contributed by atoms with Crippen LogP contribution in [0.3, 0.4) is 0 Å². The summed E-state index contributed by atoms with van der Waals surface area (Å²) in [6, 6.07) is 18.5. The molecule has 1 aromatic heterocycles. The number of primary amides is 1. The van der Waals surface area contributed by atoms with Crippen LogP contribution in [0.5, 0.6) is 5.75 Å². The van der Waals surface area contributed by atoms with E-state index in [1.165, 1.54) is 0 Å². The molecule has 0 saturated carbocycles. The molecule has 170 valence electrons. The quantitative estimate of drug-likeness (QED) is 0.359. The van der Waals surface area contributed by atoms with Gasteiger partial charge in [0.15, 0.2) is 12.0 Å². The van der Waals surface area contributed by atoms with Gasteiger partial charge in [0.2, 0.25) is 5.76 Å². The summed E-state index contributed by atoms with van der Waals surface area (Å²) in [7, 11) is 0. The van der Waals surface area contributed by atoms with Gasteiger partial charge in [-0.1, -0.05) is 44.0 Å². The van der Waals surface area contributed by atoms with Crippen LogP contribution in [0.1, 0.15) is 27.7 Å². The van der Waals surface area contributed by atoms with Crippen LogP contribution < -0.4 is 20.8 Å². The highest BCUT2D eigenvalue weighted by Crippen LogP contribution is 2.42. The predicted octanol–water partition coefficient (Wildman–Crippen LogP) is 4.93. The van der Waals surface area contributed by atoms with E-state index in [4.69, 9.17) is 14.9 Å². The lowest BCUT2D eigenvalue weighted by Crippen LogP contribution is -2.29. The second-order valence-electron chi connectivity index (χ2n) is 7.69. The van der Waals surface area contributed by atoms with Crippen LogP contribution in [0.2, 0.25) is 0 Å². The van der Waals surface area contributed by atoms with E-state index in [1.54, 1.807) is 59.5 Å². The third-order valence-electron chi connectivity index (χ3n) is 5.51. The van der Waals surface area contributed by atoms with Gasteiger partial charge < -0.3 is 14.9 Å². The first-order valence-corrected chi connectivity index (χ1v) is 11.8. The van der Waals surface area contributed by atoms with Crippen molar-refractivity contribution in [2.75, 3.05) is 11.5 Å². The normalized spacial score (nSPS) is 14.9. The first kappa shape index (κ1) is 22.4. The molecular formula is C25H16Br2N2O5. The Kier molecular flexibility index (Phi) is 5.75. The Labute approximate surface area is 210 Å². The lowest BCUT2D eigenvalue weighted by atomic mass is 9.98. The number of ether oxygens (including phenoxy) is 1. The summed E-state index contributed by atoms with van der Waals surface area (Å²) < 4.78 is 12.9. The van der Waals surface area contributed by atoms with Gasteiger partial charge in [0.1, 0.15) is 11.3 Å². The maximum Gasteiger partial charge on any atom is 0.295 e. The number of nitrogens with two attached hydrogens (primary N) is 1. The first-order chi connectivity index (χ1) is 16.3. The fourth-order valence-corrected chi connectivity index (χ4v) is 4.65. The largest absolute Gasteiger partial charge is 0.484 e. The molecule has 3 aromatic carbocycles. The number of carbonyl (C=O) groups excluding carboxylic acids is 2. The summed E-state index contributed by atoms with van der Waals surface area (Å²) >= 11 is 6.81. The Balaban J connectivity index is 1.69. The molecule has 1 atom stereocenters. The molecule has 1 aliphatic heterocycles. The van der Waals surface area contributed by atoms with E-state index in [0.717, 1.165) is 8.95 Å². The Morgan fingerprint density at radius 2 is 1.65 bits per heavy atom. The van der Waals surface area contributed by atoms with Crippen molar-refractivity contribution in [3.63, 3.8) is 0 Å². The average molecular weight is 584 g/mol. The summed E-state index contributed by atoms with van der Waals surface area (Å²) in [6.45, 7) is -0.250. The van der Waals surface area contributed by atoms with Gasteiger partial charge in [-0.05, 0) is 60.2 Å². The number of hydrogen-bond acceptors (Lipinski definition) is 5. The predicted molar refractivity (Wildman–Crippen MR) is 134 cm³/mol. The molecule has 2 heterocycles. The van der Waals surface area contributed by atoms with E-state index in [1.807, 2.05) is 12.1 Å². The number of benzene rings is 3.